The lowest BCUT2D eigenvalue weighted by Gasteiger charge is -2.30. The van der Waals surface area contributed by atoms with Crippen molar-refractivity contribution < 1.29 is 9.90 Å². The number of nitrogens with one attached hydrogen (secondary N) is 1. The van der Waals surface area contributed by atoms with Gasteiger partial charge in [0.05, 0.1) is 0 Å². The van der Waals surface area contributed by atoms with Crippen molar-refractivity contribution in [1.29, 1.82) is 0 Å². The summed E-state index contributed by atoms with van der Waals surface area (Å²) in [6.07, 6.45) is 0.620. The molecule has 1 N–H and O–H groups in total. The Labute approximate surface area is 78.9 Å². The first-order chi connectivity index (χ1) is 6.15. The SMILES string of the molecule is CNC(=O)C([O])C1CCN(C)CC1. The minimum Gasteiger partial charge on any atom is -0.357 e. The lowest BCUT2D eigenvalue weighted by atomic mass is 9.91. The minimum absolute atomic E-state index is 0.0242. The molecule has 4 heteroatoms. The Morgan fingerprint density at radius 3 is 2.46 bits per heavy atom. The Balaban J connectivity index is 2.39. The fourth-order valence-electron chi connectivity index (χ4n) is 1.69. The van der Waals surface area contributed by atoms with Crippen LogP contribution < -0.4 is 5.32 Å². The molecule has 0 aromatic heterocycles. The van der Waals surface area contributed by atoms with Gasteiger partial charge < -0.3 is 10.2 Å². The third-order valence-corrected chi connectivity index (χ3v) is 2.70. The molecule has 0 bridgehead atoms. The van der Waals surface area contributed by atoms with Gasteiger partial charge >= 0.3 is 0 Å². The van der Waals surface area contributed by atoms with Gasteiger partial charge in [0.2, 0.25) is 0 Å². The molecule has 1 rings (SSSR count). The van der Waals surface area contributed by atoms with E-state index >= 15 is 0 Å². The van der Waals surface area contributed by atoms with Gasteiger partial charge in [0, 0.05) is 7.05 Å². The van der Waals surface area contributed by atoms with Gasteiger partial charge in [-0.2, -0.15) is 0 Å². The highest BCUT2D eigenvalue weighted by Crippen LogP contribution is 2.19. The second kappa shape index (κ2) is 4.58. The van der Waals surface area contributed by atoms with E-state index < -0.39 is 6.10 Å². The molecule has 0 aromatic carbocycles. The van der Waals surface area contributed by atoms with E-state index in [0.29, 0.717) is 0 Å². The molecule has 75 valence electrons. The van der Waals surface area contributed by atoms with E-state index in [1.54, 1.807) is 0 Å². The summed E-state index contributed by atoms with van der Waals surface area (Å²) >= 11 is 0. The van der Waals surface area contributed by atoms with Crippen molar-refractivity contribution in [3.05, 3.63) is 0 Å². The average Bonchev–Trinajstić information content (AvgIpc) is 2.17. The van der Waals surface area contributed by atoms with Crippen molar-refractivity contribution in [3.8, 4) is 0 Å². The molecule has 4 nitrogen and oxygen atoms in total. The smallest absolute Gasteiger partial charge is 0.252 e. The van der Waals surface area contributed by atoms with Crippen LogP contribution in [0.5, 0.6) is 0 Å². The van der Waals surface area contributed by atoms with E-state index in [-0.39, 0.29) is 11.8 Å². The summed E-state index contributed by atoms with van der Waals surface area (Å²) in [6.45, 7) is 1.86. The number of hydrogen-bond acceptors (Lipinski definition) is 2. The number of carbonyl (C=O) groups excluding carboxylic acids is 1. The van der Waals surface area contributed by atoms with Crippen LogP contribution in [0.3, 0.4) is 0 Å². The third kappa shape index (κ3) is 2.67. The Kier molecular flexibility index (Phi) is 3.69. The number of nitrogens with zero attached hydrogens (tertiary/aromatic N) is 1. The van der Waals surface area contributed by atoms with E-state index in [9.17, 15) is 9.90 Å². The summed E-state index contributed by atoms with van der Waals surface area (Å²) in [5.74, 6) is -0.342. The van der Waals surface area contributed by atoms with E-state index in [1.807, 2.05) is 7.05 Å². The normalized spacial score (nSPS) is 22.7. The molecular formula is C9H17N2O2. The summed E-state index contributed by atoms with van der Waals surface area (Å²) in [4.78, 5) is 13.2. The van der Waals surface area contributed by atoms with Gasteiger partial charge in [-0.1, -0.05) is 0 Å². The molecule has 1 fully saturated rings. The lowest BCUT2D eigenvalue weighted by molar-refractivity contribution is -0.137. The first-order valence-corrected chi connectivity index (χ1v) is 4.71. The van der Waals surface area contributed by atoms with E-state index in [0.717, 1.165) is 25.9 Å². The van der Waals surface area contributed by atoms with Crippen LogP contribution in [-0.2, 0) is 9.90 Å². The molecule has 0 spiro atoms. The van der Waals surface area contributed by atoms with Crippen molar-refractivity contribution in [1.82, 2.24) is 10.2 Å². The van der Waals surface area contributed by atoms with Crippen LogP contribution in [0.15, 0.2) is 0 Å². The van der Waals surface area contributed by atoms with Crippen molar-refractivity contribution in [2.45, 2.75) is 18.9 Å². The standard InChI is InChI=1S/C9H17N2O2/c1-10-9(13)8(12)7-3-5-11(2)6-4-7/h7-8H,3-6H2,1-2H3,(H,10,13). The largest absolute Gasteiger partial charge is 0.357 e. The van der Waals surface area contributed by atoms with Gasteiger partial charge in [0.25, 0.3) is 5.91 Å². The molecular weight excluding hydrogens is 168 g/mol. The van der Waals surface area contributed by atoms with Crippen LogP contribution in [0.2, 0.25) is 0 Å². The van der Waals surface area contributed by atoms with E-state index in [4.69, 9.17) is 0 Å². The Bertz CT molecular complexity index is 176. The fraction of sp³-hybridized carbons (Fsp3) is 0.889. The number of piperidine rings is 1. The molecule has 1 aliphatic rings. The maximum absolute atomic E-state index is 11.5. The van der Waals surface area contributed by atoms with Gasteiger partial charge in [-0.05, 0) is 38.9 Å². The number of carbonyl (C=O) groups is 1. The quantitative estimate of drug-likeness (QED) is 0.651. The second-order valence-corrected chi connectivity index (χ2v) is 3.68. The monoisotopic (exact) mass is 185 g/mol. The number of likely N-dealkylation sites (tertiary alicyclic amines) is 1. The minimum atomic E-state index is -1.07. The molecule has 1 amide bonds. The zero-order valence-corrected chi connectivity index (χ0v) is 8.25. The number of hydrogen-bond donors (Lipinski definition) is 1. The van der Waals surface area contributed by atoms with Crippen LogP contribution in [-0.4, -0.2) is 44.1 Å². The van der Waals surface area contributed by atoms with Gasteiger partial charge in [-0.25, -0.2) is 5.11 Å². The number of amides is 1. The molecule has 0 aliphatic carbocycles. The third-order valence-electron chi connectivity index (χ3n) is 2.70. The highest BCUT2D eigenvalue weighted by molar-refractivity contribution is 5.80. The van der Waals surface area contributed by atoms with Crippen LogP contribution >= 0.6 is 0 Å². The first kappa shape index (κ1) is 10.5. The predicted molar refractivity (Wildman–Crippen MR) is 48.8 cm³/mol. The summed E-state index contributed by atoms with van der Waals surface area (Å²) < 4.78 is 0. The summed E-state index contributed by atoms with van der Waals surface area (Å²) in [5, 5.41) is 13.9. The highest BCUT2D eigenvalue weighted by Gasteiger charge is 2.29. The summed E-state index contributed by atoms with van der Waals surface area (Å²) in [6, 6.07) is 0. The van der Waals surface area contributed by atoms with Crippen LogP contribution in [0.1, 0.15) is 12.8 Å². The second-order valence-electron chi connectivity index (χ2n) is 3.68. The topological polar surface area (TPSA) is 52.2 Å². The molecule has 1 unspecified atom stereocenters. The van der Waals surface area contributed by atoms with Gasteiger partial charge in [-0.15, -0.1) is 0 Å². The molecule has 1 aliphatic heterocycles. The summed E-state index contributed by atoms with van der Waals surface area (Å²) in [5.41, 5.74) is 0. The van der Waals surface area contributed by atoms with Crippen molar-refractivity contribution in [2.75, 3.05) is 27.2 Å². The predicted octanol–water partition coefficient (Wildman–Crippen LogP) is -0.127. The highest BCUT2D eigenvalue weighted by atomic mass is 16.3. The number of likely N-dealkylation sites (N-methyl/N-ethyl adjacent to an activating group) is 1. The van der Waals surface area contributed by atoms with Gasteiger partial charge in [-0.3, -0.25) is 4.79 Å². The first-order valence-electron chi connectivity index (χ1n) is 4.71. The lowest BCUT2D eigenvalue weighted by Crippen LogP contribution is -2.42. The maximum atomic E-state index is 11.5. The maximum Gasteiger partial charge on any atom is 0.252 e. The fourth-order valence-corrected chi connectivity index (χ4v) is 1.69. The molecule has 1 heterocycles. The Morgan fingerprint density at radius 2 is 2.00 bits per heavy atom. The molecule has 1 atom stereocenters. The molecule has 1 radical (unpaired) electrons. The molecule has 1 saturated heterocycles. The van der Waals surface area contributed by atoms with Crippen molar-refractivity contribution in [2.24, 2.45) is 5.92 Å². The van der Waals surface area contributed by atoms with E-state index in [1.165, 1.54) is 7.05 Å². The van der Waals surface area contributed by atoms with Crippen molar-refractivity contribution >= 4 is 5.91 Å². The molecule has 13 heavy (non-hydrogen) atoms. The van der Waals surface area contributed by atoms with Crippen molar-refractivity contribution in [3.63, 3.8) is 0 Å². The molecule has 0 aromatic rings. The number of rotatable bonds is 2. The van der Waals surface area contributed by atoms with Crippen LogP contribution in [0.25, 0.3) is 0 Å². The Hall–Kier alpha value is -0.610. The van der Waals surface area contributed by atoms with Gasteiger partial charge in [0.1, 0.15) is 0 Å². The zero-order chi connectivity index (χ0) is 9.84. The van der Waals surface area contributed by atoms with Crippen LogP contribution in [0.4, 0.5) is 0 Å². The van der Waals surface area contributed by atoms with Gasteiger partial charge in [0.15, 0.2) is 6.10 Å². The molecule has 0 saturated carbocycles. The van der Waals surface area contributed by atoms with E-state index in [2.05, 4.69) is 10.2 Å². The summed E-state index contributed by atoms with van der Waals surface area (Å²) in [7, 11) is 3.55. The average molecular weight is 185 g/mol. The van der Waals surface area contributed by atoms with Crippen LogP contribution in [0, 0.1) is 5.92 Å². The zero-order valence-electron chi connectivity index (χ0n) is 8.25. The Morgan fingerprint density at radius 1 is 1.46 bits per heavy atom.